The van der Waals surface area contributed by atoms with Crippen LogP contribution >= 0.6 is 15.9 Å². The standard InChI is InChI=1S/C19H18BrN3O2/c1-11-6-12(2)18(13(3)7-11)23-17(24)9-25-19-15-8-14(20)4-5-16(15)21-10-22-19/h4-8,10H,9H2,1-3H3,(H,23,24). The summed E-state index contributed by atoms with van der Waals surface area (Å²) in [5, 5.41) is 3.68. The van der Waals surface area contributed by atoms with Crippen LogP contribution in [0, 0.1) is 20.8 Å². The monoisotopic (exact) mass is 399 g/mol. The molecule has 0 aliphatic rings. The van der Waals surface area contributed by atoms with E-state index in [1.807, 2.05) is 51.1 Å². The van der Waals surface area contributed by atoms with Gasteiger partial charge in [-0.1, -0.05) is 33.6 Å². The maximum absolute atomic E-state index is 12.3. The normalized spacial score (nSPS) is 10.7. The van der Waals surface area contributed by atoms with Crippen molar-refractivity contribution in [3.63, 3.8) is 0 Å². The molecule has 0 saturated carbocycles. The average Bonchev–Trinajstić information content (AvgIpc) is 2.56. The van der Waals surface area contributed by atoms with Crippen molar-refractivity contribution in [2.45, 2.75) is 20.8 Å². The second-order valence-electron chi connectivity index (χ2n) is 5.95. The van der Waals surface area contributed by atoms with Gasteiger partial charge >= 0.3 is 0 Å². The van der Waals surface area contributed by atoms with E-state index in [0.29, 0.717) is 5.88 Å². The maximum Gasteiger partial charge on any atom is 0.262 e. The molecule has 0 aliphatic heterocycles. The molecule has 128 valence electrons. The highest BCUT2D eigenvalue weighted by Crippen LogP contribution is 2.25. The predicted molar refractivity (Wildman–Crippen MR) is 102 cm³/mol. The Kier molecular flexibility index (Phi) is 4.99. The Morgan fingerprint density at radius 3 is 2.56 bits per heavy atom. The molecule has 0 saturated heterocycles. The molecule has 0 spiro atoms. The zero-order valence-corrected chi connectivity index (χ0v) is 15.8. The molecule has 1 N–H and O–H groups in total. The van der Waals surface area contributed by atoms with E-state index in [-0.39, 0.29) is 12.5 Å². The Bertz CT molecular complexity index is 934. The zero-order valence-electron chi connectivity index (χ0n) is 14.3. The first-order valence-electron chi connectivity index (χ1n) is 7.85. The van der Waals surface area contributed by atoms with Crippen LogP contribution in [0.25, 0.3) is 10.9 Å². The fourth-order valence-corrected chi connectivity index (χ4v) is 3.17. The molecule has 25 heavy (non-hydrogen) atoms. The van der Waals surface area contributed by atoms with Crippen molar-refractivity contribution in [1.82, 2.24) is 9.97 Å². The van der Waals surface area contributed by atoms with Gasteiger partial charge in [-0.2, -0.15) is 0 Å². The molecule has 5 nitrogen and oxygen atoms in total. The molecule has 1 heterocycles. The molecule has 0 bridgehead atoms. The van der Waals surface area contributed by atoms with Crippen molar-refractivity contribution < 1.29 is 9.53 Å². The van der Waals surface area contributed by atoms with Crippen LogP contribution in [0.3, 0.4) is 0 Å². The highest BCUT2D eigenvalue weighted by atomic mass is 79.9. The van der Waals surface area contributed by atoms with Crippen LogP contribution in [0.1, 0.15) is 16.7 Å². The third-order valence-electron chi connectivity index (χ3n) is 3.84. The Morgan fingerprint density at radius 1 is 1.12 bits per heavy atom. The number of hydrogen-bond acceptors (Lipinski definition) is 4. The number of nitrogens with one attached hydrogen (secondary N) is 1. The Balaban J connectivity index is 1.74. The Labute approximate surface area is 154 Å². The lowest BCUT2D eigenvalue weighted by Gasteiger charge is -2.13. The molecule has 1 amide bonds. The van der Waals surface area contributed by atoms with E-state index in [9.17, 15) is 4.79 Å². The van der Waals surface area contributed by atoms with E-state index in [0.717, 1.165) is 32.2 Å². The van der Waals surface area contributed by atoms with Gasteiger partial charge in [0, 0.05) is 10.2 Å². The van der Waals surface area contributed by atoms with Crippen LogP contribution < -0.4 is 10.1 Å². The number of carbonyl (C=O) groups is 1. The number of hydrogen-bond donors (Lipinski definition) is 1. The molecule has 0 radical (unpaired) electrons. The summed E-state index contributed by atoms with van der Waals surface area (Å²) in [6, 6.07) is 9.72. The first-order chi connectivity index (χ1) is 11.9. The van der Waals surface area contributed by atoms with Gasteiger partial charge < -0.3 is 10.1 Å². The summed E-state index contributed by atoms with van der Waals surface area (Å²) < 4.78 is 6.53. The molecular formula is C19H18BrN3O2. The van der Waals surface area contributed by atoms with E-state index in [2.05, 4.69) is 31.2 Å². The molecule has 0 atom stereocenters. The van der Waals surface area contributed by atoms with E-state index in [4.69, 9.17) is 4.74 Å². The minimum atomic E-state index is -0.225. The van der Waals surface area contributed by atoms with Crippen LogP contribution in [0.5, 0.6) is 5.88 Å². The summed E-state index contributed by atoms with van der Waals surface area (Å²) in [4.78, 5) is 20.6. The van der Waals surface area contributed by atoms with E-state index in [1.165, 1.54) is 11.9 Å². The van der Waals surface area contributed by atoms with Gasteiger partial charge in [-0.3, -0.25) is 4.79 Å². The van der Waals surface area contributed by atoms with Crippen LogP contribution in [0.15, 0.2) is 41.1 Å². The van der Waals surface area contributed by atoms with Gasteiger partial charge in [0.25, 0.3) is 5.91 Å². The number of halogens is 1. The summed E-state index contributed by atoms with van der Waals surface area (Å²) in [6.45, 7) is 5.87. The lowest BCUT2D eigenvalue weighted by molar-refractivity contribution is -0.118. The van der Waals surface area contributed by atoms with Crippen molar-refractivity contribution in [3.8, 4) is 5.88 Å². The van der Waals surface area contributed by atoms with Crippen molar-refractivity contribution in [3.05, 3.63) is 57.8 Å². The van der Waals surface area contributed by atoms with Crippen molar-refractivity contribution >= 4 is 38.4 Å². The number of benzene rings is 2. The van der Waals surface area contributed by atoms with Crippen LogP contribution in [0.2, 0.25) is 0 Å². The average molecular weight is 400 g/mol. The number of ether oxygens (including phenoxy) is 1. The van der Waals surface area contributed by atoms with Crippen molar-refractivity contribution in [1.29, 1.82) is 0 Å². The molecule has 0 aliphatic carbocycles. The summed E-state index contributed by atoms with van der Waals surface area (Å²) in [5.41, 5.74) is 4.82. The number of aromatic nitrogens is 2. The molecule has 3 aromatic rings. The summed E-state index contributed by atoms with van der Waals surface area (Å²) >= 11 is 3.42. The first-order valence-corrected chi connectivity index (χ1v) is 8.64. The predicted octanol–water partition coefficient (Wildman–Crippen LogP) is 4.34. The third kappa shape index (κ3) is 3.96. The summed E-state index contributed by atoms with van der Waals surface area (Å²) in [7, 11) is 0. The molecule has 0 fully saturated rings. The SMILES string of the molecule is Cc1cc(C)c(NC(=O)COc2ncnc3ccc(Br)cc23)c(C)c1. The fourth-order valence-electron chi connectivity index (χ4n) is 2.81. The molecule has 3 rings (SSSR count). The van der Waals surface area contributed by atoms with Crippen LogP contribution in [0.4, 0.5) is 5.69 Å². The van der Waals surface area contributed by atoms with E-state index in [1.54, 1.807) is 0 Å². The Hall–Kier alpha value is -2.47. The highest BCUT2D eigenvalue weighted by molar-refractivity contribution is 9.10. The highest BCUT2D eigenvalue weighted by Gasteiger charge is 2.11. The van der Waals surface area contributed by atoms with Crippen LogP contribution in [-0.4, -0.2) is 22.5 Å². The fraction of sp³-hybridized carbons (Fsp3) is 0.211. The maximum atomic E-state index is 12.3. The number of amides is 1. The lowest BCUT2D eigenvalue weighted by atomic mass is 10.1. The minimum absolute atomic E-state index is 0.120. The van der Waals surface area contributed by atoms with Gasteiger partial charge in [0.1, 0.15) is 6.33 Å². The van der Waals surface area contributed by atoms with Gasteiger partial charge in [0.15, 0.2) is 6.61 Å². The second-order valence-corrected chi connectivity index (χ2v) is 6.87. The van der Waals surface area contributed by atoms with Gasteiger partial charge in [0.05, 0.1) is 10.9 Å². The number of nitrogens with zero attached hydrogens (tertiary/aromatic N) is 2. The largest absolute Gasteiger partial charge is 0.467 e. The van der Waals surface area contributed by atoms with Crippen molar-refractivity contribution in [2.75, 3.05) is 11.9 Å². The smallest absolute Gasteiger partial charge is 0.262 e. The quantitative estimate of drug-likeness (QED) is 0.708. The minimum Gasteiger partial charge on any atom is -0.467 e. The van der Waals surface area contributed by atoms with Gasteiger partial charge in [0.2, 0.25) is 5.88 Å². The van der Waals surface area contributed by atoms with E-state index >= 15 is 0 Å². The van der Waals surface area contributed by atoms with Crippen LogP contribution in [-0.2, 0) is 4.79 Å². The number of anilines is 1. The molecule has 2 aromatic carbocycles. The lowest BCUT2D eigenvalue weighted by Crippen LogP contribution is -2.21. The first kappa shape index (κ1) is 17.4. The number of aryl methyl sites for hydroxylation is 3. The molecule has 6 heteroatoms. The summed E-state index contributed by atoms with van der Waals surface area (Å²) in [5.74, 6) is 0.163. The second kappa shape index (κ2) is 7.19. The number of fused-ring (bicyclic) bond motifs is 1. The van der Waals surface area contributed by atoms with E-state index < -0.39 is 0 Å². The number of carbonyl (C=O) groups excluding carboxylic acids is 1. The molecular weight excluding hydrogens is 382 g/mol. The topological polar surface area (TPSA) is 64.1 Å². The van der Waals surface area contributed by atoms with Crippen molar-refractivity contribution in [2.24, 2.45) is 0 Å². The molecule has 1 aromatic heterocycles. The van der Waals surface area contributed by atoms with Gasteiger partial charge in [-0.25, -0.2) is 9.97 Å². The van der Waals surface area contributed by atoms with Gasteiger partial charge in [-0.15, -0.1) is 0 Å². The summed E-state index contributed by atoms with van der Waals surface area (Å²) in [6.07, 6.45) is 1.43. The van der Waals surface area contributed by atoms with Gasteiger partial charge in [-0.05, 0) is 50.1 Å². The molecule has 0 unspecified atom stereocenters. The number of rotatable bonds is 4. The third-order valence-corrected chi connectivity index (χ3v) is 4.34. The zero-order chi connectivity index (χ0) is 18.0. The Morgan fingerprint density at radius 2 is 1.84 bits per heavy atom.